The molecule has 2 heterocycles. The van der Waals surface area contributed by atoms with Crippen molar-refractivity contribution in [3.63, 3.8) is 0 Å². The zero-order valence-electron chi connectivity index (χ0n) is 10.1. The molecule has 0 radical (unpaired) electrons. The van der Waals surface area contributed by atoms with Gasteiger partial charge in [-0.1, -0.05) is 11.2 Å². The highest BCUT2D eigenvalue weighted by Crippen LogP contribution is 2.10. The summed E-state index contributed by atoms with van der Waals surface area (Å²) in [4.78, 5) is 31.0. The third kappa shape index (κ3) is 3.51. The Morgan fingerprint density at radius 1 is 1.53 bits per heavy atom. The lowest BCUT2D eigenvalue weighted by atomic mass is 10.1. The second kappa shape index (κ2) is 5.94. The molecule has 2 N–H and O–H groups in total. The van der Waals surface area contributed by atoms with Crippen LogP contribution in [0.1, 0.15) is 12.0 Å². The molecule has 0 saturated heterocycles. The number of oxime groups is 1. The molecule has 1 aromatic heterocycles. The Balaban J connectivity index is 1.73. The summed E-state index contributed by atoms with van der Waals surface area (Å²) in [6, 6.07) is 3.74. The Hall–Kier alpha value is -2.44. The predicted molar refractivity (Wildman–Crippen MR) is 65.5 cm³/mol. The molecule has 19 heavy (non-hydrogen) atoms. The summed E-state index contributed by atoms with van der Waals surface area (Å²) in [6.45, 7) is 0.437. The molecular formula is C12H13N3O4. The van der Waals surface area contributed by atoms with E-state index in [2.05, 4.69) is 15.5 Å². The smallest absolute Gasteiger partial charge is 0.353 e. The van der Waals surface area contributed by atoms with Gasteiger partial charge in [0.05, 0.1) is 0 Å². The molecule has 0 bridgehead atoms. The van der Waals surface area contributed by atoms with E-state index in [1.807, 2.05) is 12.1 Å². The third-order valence-corrected chi connectivity index (χ3v) is 2.64. The van der Waals surface area contributed by atoms with Crippen LogP contribution in [-0.4, -0.2) is 40.3 Å². The number of hydrogen-bond donors (Lipinski definition) is 2. The second-order valence-corrected chi connectivity index (χ2v) is 4.04. The van der Waals surface area contributed by atoms with Crippen molar-refractivity contribution in [2.24, 2.45) is 5.16 Å². The monoisotopic (exact) mass is 263 g/mol. The molecule has 0 fully saturated rings. The van der Waals surface area contributed by atoms with Crippen molar-refractivity contribution in [2.45, 2.75) is 18.9 Å². The minimum atomic E-state index is -1.16. The minimum absolute atomic E-state index is 0.00589. The zero-order chi connectivity index (χ0) is 13.7. The maximum atomic E-state index is 11.7. The van der Waals surface area contributed by atoms with Crippen molar-refractivity contribution < 1.29 is 19.5 Å². The molecule has 0 aliphatic carbocycles. The van der Waals surface area contributed by atoms with Crippen LogP contribution in [0.15, 0.2) is 29.7 Å². The molecule has 1 atom stereocenters. The van der Waals surface area contributed by atoms with Gasteiger partial charge in [0.1, 0.15) is 0 Å². The van der Waals surface area contributed by atoms with Crippen LogP contribution >= 0.6 is 0 Å². The maximum absolute atomic E-state index is 11.7. The highest BCUT2D eigenvalue weighted by Gasteiger charge is 2.31. The predicted octanol–water partition coefficient (Wildman–Crippen LogP) is -0.0302. The molecule has 100 valence electrons. The van der Waals surface area contributed by atoms with Crippen LogP contribution in [-0.2, 0) is 20.8 Å². The summed E-state index contributed by atoms with van der Waals surface area (Å²) in [5.74, 6) is -1.52. The fourth-order valence-corrected chi connectivity index (χ4v) is 1.63. The number of carbonyl (C=O) groups excluding carboxylic acids is 1. The summed E-state index contributed by atoms with van der Waals surface area (Å²) in [5.41, 5.74) is 0.880. The van der Waals surface area contributed by atoms with Crippen LogP contribution in [0.4, 0.5) is 0 Å². The van der Waals surface area contributed by atoms with Crippen molar-refractivity contribution in [1.29, 1.82) is 0 Å². The lowest BCUT2D eigenvalue weighted by Gasteiger charge is -2.09. The third-order valence-electron chi connectivity index (χ3n) is 2.64. The first-order valence-corrected chi connectivity index (χ1v) is 5.79. The molecule has 1 aromatic rings. The van der Waals surface area contributed by atoms with Gasteiger partial charge in [-0.15, -0.1) is 0 Å². The van der Waals surface area contributed by atoms with Gasteiger partial charge in [0, 0.05) is 25.4 Å². The highest BCUT2D eigenvalue weighted by molar-refractivity contribution is 6.36. The number of aliphatic carboxylic acids is 1. The van der Waals surface area contributed by atoms with Crippen LogP contribution in [0.5, 0.6) is 0 Å². The molecule has 2 rings (SSSR count). The molecular weight excluding hydrogens is 250 g/mol. The summed E-state index contributed by atoms with van der Waals surface area (Å²) in [7, 11) is 0. The van der Waals surface area contributed by atoms with Gasteiger partial charge >= 0.3 is 5.97 Å². The molecule has 1 aliphatic rings. The van der Waals surface area contributed by atoms with Crippen molar-refractivity contribution >= 4 is 17.6 Å². The summed E-state index contributed by atoms with van der Waals surface area (Å²) >= 11 is 0. The van der Waals surface area contributed by atoms with Crippen LogP contribution in [0, 0.1) is 0 Å². The molecule has 1 unspecified atom stereocenters. The van der Waals surface area contributed by atoms with Gasteiger partial charge in [0.15, 0.2) is 5.71 Å². The zero-order valence-corrected chi connectivity index (χ0v) is 10.1. The summed E-state index contributed by atoms with van der Waals surface area (Å²) < 4.78 is 0. The van der Waals surface area contributed by atoms with E-state index < -0.39 is 12.1 Å². The first-order chi connectivity index (χ1) is 9.16. The number of rotatable bonds is 5. The van der Waals surface area contributed by atoms with E-state index in [9.17, 15) is 9.59 Å². The molecule has 0 spiro atoms. The average molecular weight is 263 g/mol. The molecule has 0 aromatic carbocycles. The number of carboxylic acids is 1. The number of nitrogens with zero attached hydrogens (tertiary/aromatic N) is 2. The van der Waals surface area contributed by atoms with E-state index in [1.165, 1.54) is 0 Å². The molecule has 0 saturated carbocycles. The van der Waals surface area contributed by atoms with E-state index in [-0.39, 0.29) is 18.0 Å². The first kappa shape index (κ1) is 13.0. The fourth-order valence-electron chi connectivity index (χ4n) is 1.63. The Kier molecular flexibility index (Phi) is 4.07. The quantitative estimate of drug-likeness (QED) is 0.776. The average Bonchev–Trinajstić information content (AvgIpc) is 2.89. The lowest BCUT2D eigenvalue weighted by Crippen LogP contribution is -2.36. The number of pyridine rings is 1. The Labute approximate surface area is 109 Å². The van der Waals surface area contributed by atoms with E-state index in [4.69, 9.17) is 9.94 Å². The van der Waals surface area contributed by atoms with Gasteiger partial charge in [0.25, 0.3) is 5.91 Å². The summed E-state index contributed by atoms with van der Waals surface area (Å²) in [6.07, 6.45) is 3.20. The van der Waals surface area contributed by atoms with Crippen molar-refractivity contribution in [3.8, 4) is 0 Å². The van der Waals surface area contributed by atoms with Gasteiger partial charge in [-0.25, -0.2) is 4.79 Å². The van der Waals surface area contributed by atoms with E-state index in [1.54, 1.807) is 12.4 Å². The largest absolute Gasteiger partial charge is 0.477 e. The van der Waals surface area contributed by atoms with Gasteiger partial charge < -0.3 is 15.3 Å². The SMILES string of the molecule is O=C(O)C1=NOC(C(=O)NCCc2cccnc2)C1. The standard InChI is InChI=1S/C12H13N3O4/c16-11(10-6-9(12(17)18)15-19-10)14-5-3-8-2-1-4-13-7-8/h1-2,4,7,10H,3,5-6H2,(H,14,16)(H,17,18). The van der Waals surface area contributed by atoms with Crippen LogP contribution in [0.2, 0.25) is 0 Å². The molecule has 7 heteroatoms. The molecule has 1 amide bonds. The maximum Gasteiger partial charge on any atom is 0.353 e. The van der Waals surface area contributed by atoms with Gasteiger partial charge in [-0.3, -0.25) is 9.78 Å². The lowest BCUT2D eigenvalue weighted by molar-refractivity contribution is -0.131. The highest BCUT2D eigenvalue weighted by atomic mass is 16.6. The second-order valence-electron chi connectivity index (χ2n) is 4.04. The summed E-state index contributed by atoms with van der Waals surface area (Å²) in [5, 5.41) is 14.7. The van der Waals surface area contributed by atoms with Crippen LogP contribution in [0.3, 0.4) is 0 Å². The first-order valence-electron chi connectivity index (χ1n) is 5.79. The van der Waals surface area contributed by atoms with Crippen LogP contribution in [0.25, 0.3) is 0 Å². The fraction of sp³-hybridized carbons (Fsp3) is 0.333. The van der Waals surface area contributed by atoms with E-state index in [0.29, 0.717) is 13.0 Å². The number of hydrogen-bond acceptors (Lipinski definition) is 5. The van der Waals surface area contributed by atoms with Crippen molar-refractivity contribution in [2.75, 3.05) is 6.54 Å². The van der Waals surface area contributed by atoms with Crippen molar-refractivity contribution in [3.05, 3.63) is 30.1 Å². The topological polar surface area (TPSA) is 101 Å². The molecule has 7 nitrogen and oxygen atoms in total. The van der Waals surface area contributed by atoms with Crippen molar-refractivity contribution in [1.82, 2.24) is 10.3 Å². The molecule has 1 aliphatic heterocycles. The number of carbonyl (C=O) groups is 2. The van der Waals surface area contributed by atoms with Gasteiger partial charge in [0.2, 0.25) is 6.10 Å². The minimum Gasteiger partial charge on any atom is -0.477 e. The van der Waals surface area contributed by atoms with E-state index in [0.717, 1.165) is 5.56 Å². The Morgan fingerprint density at radius 2 is 2.37 bits per heavy atom. The van der Waals surface area contributed by atoms with Gasteiger partial charge in [-0.2, -0.15) is 0 Å². The Morgan fingerprint density at radius 3 is 3.00 bits per heavy atom. The van der Waals surface area contributed by atoms with E-state index >= 15 is 0 Å². The number of carboxylic acid groups (broad SMARTS) is 1. The number of amides is 1. The Bertz CT molecular complexity index is 501. The number of nitrogens with one attached hydrogen (secondary N) is 1. The number of aromatic nitrogens is 1. The van der Waals surface area contributed by atoms with Crippen LogP contribution < -0.4 is 5.32 Å². The van der Waals surface area contributed by atoms with Gasteiger partial charge in [-0.05, 0) is 18.1 Å². The normalized spacial score (nSPS) is 17.5.